The van der Waals surface area contributed by atoms with E-state index in [1.165, 1.54) is 32.1 Å². The van der Waals surface area contributed by atoms with Gasteiger partial charge in [-0.15, -0.1) is 0 Å². The third-order valence-corrected chi connectivity index (χ3v) is 4.66. The van der Waals surface area contributed by atoms with E-state index in [1.54, 1.807) is 0 Å². The van der Waals surface area contributed by atoms with Crippen LogP contribution < -0.4 is 10.6 Å². The lowest BCUT2D eigenvalue weighted by molar-refractivity contribution is 0.316. The summed E-state index contributed by atoms with van der Waals surface area (Å²) in [5.74, 6) is 3.71. The summed E-state index contributed by atoms with van der Waals surface area (Å²) in [6.45, 7) is 6.58. The van der Waals surface area contributed by atoms with Crippen LogP contribution >= 0.6 is 0 Å². The van der Waals surface area contributed by atoms with Gasteiger partial charge in [0.2, 0.25) is 0 Å². The molecule has 1 heterocycles. The highest BCUT2D eigenvalue weighted by atomic mass is 15.1. The lowest BCUT2D eigenvalue weighted by Gasteiger charge is -2.32. The van der Waals surface area contributed by atoms with Crippen molar-refractivity contribution in [2.24, 2.45) is 5.92 Å². The van der Waals surface area contributed by atoms with Crippen LogP contribution in [0.1, 0.15) is 63.8 Å². The molecule has 1 aliphatic carbocycles. The van der Waals surface area contributed by atoms with Crippen LogP contribution in [0.4, 0.5) is 11.6 Å². The van der Waals surface area contributed by atoms with Crippen LogP contribution in [0.15, 0.2) is 0 Å². The number of nitrogens with one attached hydrogen (secondary N) is 2. The van der Waals surface area contributed by atoms with Crippen molar-refractivity contribution in [3.8, 4) is 0 Å². The Morgan fingerprint density at radius 2 is 1.81 bits per heavy atom. The van der Waals surface area contributed by atoms with Crippen molar-refractivity contribution in [2.75, 3.05) is 17.7 Å². The van der Waals surface area contributed by atoms with Crippen LogP contribution in [0, 0.1) is 12.8 Å². The minimum atomic E-state index is 0.566. The number of aryl methyl sites for hydroxylation is 1. The van der Waals surface area contributed by atoms with Crippen molar-refractivity contribution in [1.29, 1.82) is 0 Å². The van der Waals surface area contributed by atoms with Gasteiger partial charge in [0, 0.05) is 25.1 Å². The monoisotopic (exact) mass is 290 g/mol. The Morgan fingerprint density at radius 1 is 1.10 bits per heavy atom. The zero-order valence-corrected chi connectivity index (χ0v) is 14.0. The first kappa shape index (κ1) is 16.1. The van der Waals surface area contributed by atoms with Crippen LogP contribution in [-0.4, -0.2) is 23.1 Å². The lowest BCUT2D eigenvalue weighted by Crippen LogP contribution is -2.32. The van der Waals surface area contributed by atoms with Crippen molar-refractivity contribution in [1.82, 2.24) is 9.97 Å². The van der Waals surface area contributed by atoms with E-state index < -0.39 is 0 Å². The van der Waals surface area contributed by atoms with Gasteiger partial charge in [-0.25, -0.2) is 9.97 Å². The molecule has 1 aromatic rings. The minimum absolute atomic E-state index is 0.566. The Morgan fingerprint density at radius 3 is 2.48 bits per heavy atom. The van der Waals surface area contributed by atoms with E-state index >= 15 is 0 Å². The molecule has 2 unspecified atom stereocenters. The molecule has 1 aliphatic rings. The Hall–Kier alpha value is -1.32. The largest absolute Gasteiger partial charge is 0.373 e. The summed E-state index contributed by atoms with van der Waals surface area (Å²) in [4.78, 5) is 9.38. The molecule has 2 N–H and O–H groups in total. The quantitative estimate of drug-likeness (QED) is 0.826. The van der Waals surface area contributed by atoms with Gasteiger partial charge in [0.25, 0.3) is 0 Å². The predicted octanol–water partition coefficient (Wildman–Crippen LogP) is 4.16. The van der Waals surface area contributed by atoms with Crippen LogP contribution in [0.5, 0.6) is 0 Å². The molecule has 4 nitrogen and oxygen atoms in total. The van der Waals surface area contributed by atoms with Gasteiger partial charge in [0.05, 0.1) is 0 Å². The number of hydrogen-bond acceptors (Lipinski definition) is 4. The second kappa shape index (κ2) is 7.62. The van der Waals surface area contributed by atoms with Gasteiger partial charge in [-0.1, -0.05) is 33.1 Å². The van der Waals surface area contributed by atoms with Gasteiger partial charge in [0.15, 0.2) is 0 Å². The molecule has 4 heteroatoms. The zero-order chi connectivity index (χ0) is 15.2. The summed E-state index contributed by atoms with van der Waals surface area (Å²) in [5.41, 5.74) is 1.14. The molecule has 0 amide bonds. The van der Waals surface area contributed by atoms with Gasteiger partial charge < -0.3 is 10.6 Å². The molecule has 0 saturated heterocycles. The van der Waals surface area contributed by atoms with Gasteiger partial charge in [-0.05, 0) is 32.1 Å². The highest BCUT2D eigenvalue weighted by Gasteiger charge is 2.24. The van der Waals surface area contributed by atoms with E-state index in [9.17, 15) is 0 Å². The summed E-state index contributed by atoms with van der Waals surface area (Å²) >= 11 is 0. The van der Waals surface area contributed by atoms with Crippen molar-refractivity contribution >= 4 is 11.6 Å². The number of aromatic nitrogens is 2. The molecule has 1 fully saturated rings. The molecular formula is C17H30N4. The second-order valence-electron chi connectivity index (χ2n) is 6.17. The molecule has 0 radical (unpaired) electrons. The second-order valence-corrected chi connectivity index (χ2v) is 6.17. The Bertz CT molecular complexity index is 458. The fourth-order valence-electron chi connectivity index (χ4n) is 3.34. The first-order valence-electron chi connectivity index (χ1n) is 8.51. The fourth-order valence-corrected chi connectivity index (χ4v) is 3.34. The average Bonchev–Trinajstić information content (AvgIpc) is 2.51. The van der Waals surface area contributed by atoms with Gasteiger partial charge in [0.1, 0.15) is 17.5 Å². The molecule has 0 bridgehead atoms. The summed E-state index contributed by atoms with van der Waals surface area (Å²) in [5, 5.41) is 6.94. The number of hydrogen-bond donors (Lipinski definition) is 2. The molecule has 0 spiro atoms. The molecule has 21 heavy (non-hydrogen) atoms. The molecular weight excluding hydrogens is 260 g/mol. The topological polar surface area (TPSA) is 49.8 Å². The molecule has 2 rings (SSSR count). The Balaban J connectivity index is 2.22. The summed E-state index contributed by atoms with van der Waals surface area (Å²) in [6.07, 6.45) is 8.58. The SMILES string of the molecule is CCCc1nc(NC)c(C)c(NC2CCCCC2CC)n1. The van der Waals surface area contributed by atoms with Gasteiger partial charge in [-0.3, -0.25) is 0 Å². The van der Waals surface area contributed by atoms with E-state index in [0.29, 0.717) is 6.04 Å². The molecule has 118 valence electrons. The molecule has 1 aromatic heterocycles. The van der Waals surface area contributed by atoms with Gasteiger partial charge in [-0.2, -0.15) is 0 Å². The van der Waals surface area contributed by atoms with E-state index in [2.05, 4.69) is 36.4 Å². The first-order chi connectivity index (χ1) is 10.2. The third-order valence-electron chi connectivity index (χ3n) is 4.66. The normalized spacial score (nSPS) is 22.1. The van der Waals surface area contributed by atoms with Crippen molar-refractivity contribution in [3.63, 3.8) is 0 Å². The number of anilines is 2. The Kier molecular flexibility index (Phi) is 5.83. The van der Waals surface area contributed by atoms with E-state index in [-0.39, 0.29) is 0 Å². The molecule has 0 aromatic carbocycles. The summed E-state index contributed by atoms with van der Waals surface area (Å²) in [6, 6.07) is 0.566. The van der Waals surface area contributed by atoms with Crippen LogP contribution in [0.25, 0.3) is 0 Å². The zero-order valence-electron chi connectivity index (χ0n) is 14.0. The molecule has 1 saturated carbocycles. The maximum Gasteiger partial charge on any atom is 0.135 e. The fraction of sp³-hybridized carbons (Fsp3) is 0.765. The smallest absolute Gasteiger partial charge is 0.135 e. The van der Waals surface area contributed by atoms with Crippen LogP contribution in [0.3, 0.4) is 0 Å². The number of nitrogens with zero attached hydrogens (tertiary/aromatic N) is 2. The van der Waals surface area contributed by atoms with Crippen LogP contribution in [0.2, 0.25) is 0 Å². The first-order valence-corrected chi connectivity index (χ1v) is 8.51. The summed E-state index contributed by atoms with van der Waals surface area (Å²) < 4.78 is 0. The highest BCUT2D eigenvalue weighted by Crippen LogP contribution is 2.30. The van der Waals surface area contributed by atoms with Crippen molar-refractivity contribution in [3.05, 3.63) is 11.4 Å². The van der Waals surface area contributed by atoms with E-state index in [4.69, 9.17) is 4.98 Å². The maximum atomic E-state index is 4.77. The minimum Gasteiger partial charge on any atom is -0.373 e. The standard InChI is InChI=1S/C17H30N4/c1-5-9-15-20-16(18-4)12(3)17(21-15)19-14-11-8-7-10-13(14)6-2/h13-14H,5-11H2,1-4H3,(H2,18,19,20,21). The third kappa shape index (κ3) is 3.86. The number of rotatable bonds is 6. The lowest BCUT2D eigenvalue weighted by atomic mass is 9.83. The highest BCUT2D eigenvalue weighted by molar-refractivity contribution is 5.57. The van der Waals surface area contributed by atoms with E-state index in [1.807, 2.05) is 7.05 Å². The van der Waals surface area contributed by atoms with Crippen molar-refractivity contribution in [2.45, 2.75) is 71.8 Å². The Labute approximate surface area is 129 Å². The molecule has 2 atom stereocenters. The van der Waals surface area contributed by atoms with E-state index in [0.717, 1.165) is 41.8 Å². The van der Waals surface area contributed by atoms with Crippen molar-refractivity contribution < 1.29 is 0 Å². The predicted molar refractivity (Wildman–Crippen MR) is 90.0 cm³/mol. The maximum absolute atomic E-state index is 4.77. The van der Waals surface area contributed by atoms with Gasteiger partial charge >= 0.3 is 0 Å². The summed E-state index contributed by atoms with van der Waals surface area (Å²) in [7, 11) is 1.93. The average molecular weight is 290 g/mol. The van der Waals surface area contributed by atoms with Crippen LogP contribution in [-0.2, 0) is 6.42 Å². The molecule has 0 aliphatic heterocycles.